The summed E-state index contributed by atoms with van der Waals surface area (Å²) in [5, 5.41) is 22.0. The van der Waals surface area contributed by atoms with E-state index in [1.165, 1.54) is 11.8 Å². The summed E-state index contributed by atoms with van der Waals surface area (Å²) in [5.74, 6) is -0.965. The van der Waals surface area contributed by atoms with E-state index in [1.807, 2.05) is 47.8 Å². The molecule has 2 aromatic heterocycles. The van der Waals surface area contributed by atoms with E-state index in [-0.39, 0.29) is 35.1 Å². The molecule has 4 rings (SSSR count). The normalized spacial score (nSPS) is 15.2. The number of thioether (sulfide) groups is 1. The van der Waals surface area contributed by atoms with Crippen LogP contribution in [0.2, 0.25) is 0 Å². The van der Waals surface area contributed by atoms with Crippen molar-refractivity contribution in [2.24, 2.45) is 5.73 Å². The number of ether oxygens (including phenoxy) is 2. The van der Waals surface area contributed by atoms with E-state index in [2.05, 4.69) is 39.7 Å². The largest absolute Gasteiger partial charge is 0.463 e. The van der Waals surface area contributed by atoms with Gasteiger partial charge >= 0.3 is 5.97 Å². The number of thiophene rings is 1. The molecule has 0 saturated carbocycles. The molecule has 36 heavy (non-hydrogen) atoms. The standard InChI is InChI=1S/C26H19IN4O3S2/c1-2-33-26(32)23-20(34-24(30)17(13-29)22(23)16-6-3-4-7-18(16)27)14-36-25-15(12-28)9-10-19(31-25)21-8-5-11-35-21/h3-11,22H,2,14,30H2,1H3/t22-/m1/s1. The number of nitrogens with two attached hydrogens (primary N) is 1. The number of carbonyl (C=O) groups is 1. The zero-order valence-electron chi connectivity index (χ0n) is 19.0. The van der Waals surface area contributed by atoms with Gasteiger partial charge in [-0.1, -0.05) is 36.0 Å². The molecule has 0 fully saturated rings. The van der Waals surface area contributed by atoms with E-state index in [4.69, 9.17) is 15.2 Å². The van der Waals surface area contributed by atoms with Gasteiger partial charge in [0.25, 0.3) is 0 Å². The third-order valence-electron chi connectivity index (χ3n) is 5.30. The van der Waals surface area contributed by atoms with Crippen LogP contribution in [-0.2, 0) is 14.3 Å². The monoisotopic (exact) mass is 626 g/mol. The van der Waals surface area contributed by atoms with Crippen LogP contribution in [0.5, 0.6) is 0 Å². The van der Waals surface area contributed by atoms with Crippen LogP contribution in [0.4, 0.5) is 0 Å². The highest BCUT2D eigenvalue weighted by Crippen LogP contribution is 2.42. The second-order valence-corrected chi connectivity index (χ2v) is 10.5. The Balaban J connectivity index is 1.78. The first kappa shape index (κ1) is 25.8. The third-order valence-corrected chi connectivity index (χ3v) is 8.17. The summed E-state index contributed by atoms with van der Waals surface area (Å²) in [5.41, 5.74) is 8.45. The number of aromatic nitrogens is 1. The number of carbonyl (C=O) groups excluding carboxylic acids is 1. The maximum Gasteiger partial charge on any atom is 0.338 e. The number of nitriles is 2. The summed E-state index contributed by atoms with van der Waals surface area (Å²) in [4.78, 5) is 18.9. The fourth-order valence-corrected chi connectivity index (χ4v) is 6.02. The maximum atomic E-state index is 13.2. The lowest BCUT2D eigenvalue weighted by atomic mass is 9.83. The van der Waals surface area contributed by atoms with Crippen LogP contribution >= 0.6 is 45.7 Å². The molecule has 1 atom stereocenters. The Kier molecular flexibility index (Phi) is 8.31. The van der Waals surface area contributed by atoms with Gasteiger partial charge in [0, 0.05) is 3.57 Å². The molecule has 2 N–H and O–H groups in total. The van der Waals surface area contributed by atoms with Gasteiger partial charge in [0.15, 0.2) is 0 Å². The van der Waals surface area contributed by atoms with Crippen LogP contribution in [0.1, 0.15) is 24.0 Å². The van der Waals surface area contributed by atoms with Gasteiger partial charge in [-0.3, -0.25) is 0 Å². The Morgan fingerprint density at radius 1 is 1.22 bits per heavy atom. The highest BCUT2D eigenvalue weighted by Gasteiger charge is 2.38. The molecule has 0 saturated heterocycles. The molecule has 0 aliphatic carbocycles. The van der Waals surface area contributed by atoms with Crippen LogP contribution in [0.3, 0.4) is 0 Å². The lowest BCUT2D eigenvalue weighted by Gasteiger charge is -2.28. The predicted octanol–water partition coefficient (Wildman–Crippen LogP) is 5.70. The van der Waals surface area contributed by atoms with E-state index < -0.39 is 11.9 Å². The van der Waals surface area contributed by atoms with Crippen molar-refractivity contribution >= 4 is 51.7 Å². The van der Waals surface area contributed by atoms with Crippen molar-refractivity contribution < 1.29 is 14.3 Å². The predicted molar refractivity (Wildman–Crippen MR) is 146 cm³/mol. The molecule has 10 heteroatoms. The van der Waals surface area contributed by atoms with Crippen molar-refractivity contribution in [3.63, 3.8) is 0 Å². The van der Waals surface area contributed by atoms with Crippen molar-refractivity contribution in [3.8, 4) is 22.7 Å². The molecule has 3 aromatic rings. The molecule has 1 aromatic carbocycles. The minimum absolute atomic E-state index is 0.0633. The molecular formula is C26H19IN4O3S2. The van der Waals surface area contributed by atoms with E-state index in [0.29, 0.717) is 10.6 Å². The first-order valence-electron chi connectivity index (χ1n) is 10.8. The molecule has 1 aliphatic rings. The van der Waals surface area contributed by atoms with Gasteiger partial charge in [-0.05, 0) is 64.7 Å². The number of rotatable bonds is 7. The van der Waals surface area contributed by atoms with Crippen LogP contribution in [0, 0.1) is 26.2 Å². The maximum absolute atomic E-state index is 13.2. The minimum Gasteiger partial charge on any atom is -0.463 e. The minimum atomic E-state index is -0.743. The van der Waals surface area contributed by atoms with Crippen LogP contribution in [0.15, 0.2) is 81.7 Å². The highest BCUT2D eigenvalue weighted by atomic mass is 127. The number of halogens is 1. The van der Waals surface area contributed by atoms with Gasteiger partial charge < -0.3 is 15.2 Å². The summed E-state index contributed by atoms with van der Waals surface area (Å²) in [6.45, 7) is 1.87. The van der Waals surface area contributed by atoms with E-state index in [9.17, 15) is 15.3 Å². The van der Waals surface area contributed by atoms with Crippen LogP contribution in [-0.4, -0.2) is 23.3 Å². The van der Waals surface area contributed by atoms with Crippen LogP contribution < -0.4 is 5.73 Å². The molecule has 0 amide bonds. The Labute approximate surface area is 230 Å². The average molecular weight is 627 g/mol. The van der Waals surface area contributed by atoms with Gasteiger partial charge in [0.05, 0.1) is 40.0 Å². The molecule has 1 aliphatic heterocycles. The highest BCUT2D eigenvalue weighted by molar-refractivity contribution is 14.1. The molecule has 0 bridgehead atoms. The number of esters is 1. The third kappa shape index (κ3) is 5.26. The second kappa shape index (κ2) is 11.6. The topological polar surface area (TPSA) is 122 Å². The van der Waals surface area contributed by atoms with Crippen molar-refractivity contribution in [2.45, 2.75) is 17.9 Å². The number of nitrogens with zero attached hydrogens (tertiary/aromatic N) is 3. The lowest BCUT2D eigenvalue weighted by molar-refractivity contribution is -0.139. The van der Waals surface area contributed by atoms with Crippen LogP contribution in [0.25, 0.3) is 10.6 Å². The summed E-state index contributed by atoms with van der Waals surface area (Å²) in [7, 11) is 0. The number of pyridine rings is 1. The summed E-state index contributed by atoms with van der Waals surface area (Å²) in [6.07, 6.45) is 0. The smallest absolute Gasteiger partial charge is 0.338 e. The Morgan fingerprint density at radius 2 is 2.03 bits per heavy atom. The molecule has 7 nitrogen and oxygen atoms in total. The van der Waals surface area contributed by atoms with E-state index in [1.54, 1.807) is 24.3 Å². The zero-order valence-corrected chi connectivity index (χ0v) is 22.8. The summed E-state index contributed by atoms with van der Waals surface area (Å²) < 4.78 is 12.1. The number of allylic oxidation sites excluding steroid dienone is 1. The molecule has 180 valence electrons. The van der Waals surface area contributed by atoms with Crippen molar-refractivity contribution in [1.29, 1.82) is 10.5 Å². The molecule has 3 heterocycles. The molecule has 0 spiro atoms. The van der Waals surface area contributed by atoms with Gasteiger partial charge in [0.2, 0.25) is 5.88 Å². The summed E-state index contributed by atoms with van der Waals surface area (Å²) >= 11 is 4.98. The second-order valence-electron chi connectivity index (χ2n) is 7.43. The van der Waals surface area contributed by atoms with Gasteiger partial charge in [-0.15, -0.1) is 11.3 Å². The van der Waals surface area contributed by atoms with E-state index >= 15 is 0 Å². The fourth-order valence-electron chi connectivity index (χ4n) is 3.71. The quantitative estimate of drug-likeness (QED) is 0.201. The first-order valence-corrected chi connectivity index (χ1v) is 13.7. The Bertz CT molecular complexity index is 1450. The van der Waals surface area contributed by atoms with Crippen molar-refractivity contribution in [2.75, 3.05) is 12.4 Å². The van der Waals surface area contributed by atoms with E-state index in [0.717, 1.165) is 19.7 Å². The van der Waals surface area contributed by atoms with Gasteiger partial charge in [-0.25, -0.2) is 9.78 Å². The SMILES string of the molecule is CCOC(=O)C1=C(CSc2nc(-c3cccs3)ccc2C#N)OC(N)=C(C#N)[C@H]1c1ccccc1I. The molecule has 0 unspecified atom stereocenters. The number of benzene rings is 1. The number of hydrogen-bond donors (Lipinski definition) is 1. The van der Waals surface area contributed by atoms with Crippen molar-refractivity contribution in [3.05, 3.63) is 91.4 Å². The average Bonchev–Trinajstić information content (AvgIpc) is 3.42. The van der Waals surface area contributed by atoms with Gasteiger partial charge in [0.1, 0.15) is 28.5 Å². The Morgan fingerprint density at radius 3 is 2.69 bits per heavy atom. The van der Waals surface area contributed by atoms with Gasteiger partial charge in [-0.2, -0.15) is 10.5 Å². The zero-order chi connectivity index (χ0) is 25.7. The lowest BCUT2D eigenvalue weighted by Crippen LogP contribution is -2.27. The first-order chi connectivity index (χ1) is 17.5. The number of hydrogen-bond acceptors (Lipinski definition) is 9. The fraction of sp³-hybridized carbons (Fsp3) is 0.154. The molecular weight excluding hydrogens is 607 g/mol. The Hall–Kier alpha value is -3.32. The molecule has 0 radical (unpaired) electrons. The summed E-state index contributed by atoms with van der Waals surface area (Å²) in [6, 6.07) is 19.2. The van der Waals surface area contributed by atoms with Crippen molar-refractivity contribution in [1.82, 2.24) is 4.98 Å².